The first-order valence-corrected chi connectivity index (χ1v) is 9.97. The number of benzene rings is 3. The summed E-state index contributed by atoms with van der Waals surface area (Å²) in [4.78, 5) is 0.179. The van der Waals surface area contributed by atoms with Gasteiger partial charge in [-0.05, 0) is 59.2 Å². The van der Waals surface area contributed by atoms with Gasteiger partial charge in [0.25, 0.3) is 0 Å². The van der Waals surface area contributed by atoms with Gasteiger partial charge in [-0.3, -0.25) is 0 Å². The highest BCUT2D eigenvalue weighted by atomic mass is 32.2. The maximum Gasteiger partial charge on any atom is 0.246 e. The van der Waals surface area contributed by atoms with Crippen LogP contribution in [0, 0.1) is 6.92 Å². The molecule has 6 heteroatoms. The molecule has 0 unspecified atom stereocenters. The summed E-state index contributed by atoms with van der Waals surface area (Å²) in [5.74, 6) is 1.14. The molecule has 0 aliphatic rings. The molecule has 0 heterocycles. The highest BCUT2D eigenvalue weighted by Crippen LogP contribution is 2.28. The molecule has 142 valence electrons. The van der Waals surface area contributed by atoms with Crippen LogP contribution in [-0.4, -0.2) is 34.0 Å². The number of ether oxygens (including phenoxy) is 2. The number of hydrogen-bond donors (Lipinski definition) is 0. The molecule has 0 saturated heterocycles. The van der Waals surface area contributed by atoms with Crippen LogP contribution in [0.5, 0.6) is 11.5 Å². The molecule has 3 aromatic rings. The zero-order valence-corrected chi connectivity index (χ0v) is 16.7. The van der Waals surface area contributed by atoms with Crippen molar-refractivity contribution in [2.75, 3.05) is 21.3 Å². The molecule has 0 aromatic heterocycles. The van der Waals surface area contributed by atoms with E-state index in [9.17, 15) is 8.42 Å². The molecule has 0 bridgehead atoms. The standard InChI is InChI=1S/C21H23NO4S/c1-15-5-10-20(26-4)21(11-15)27(23,24)22(2)14-16-6-7-18-13-19(25-3)9-8-17(18)12-16/h5-13H,14H2,1-4H3. The van der Waals surface area contributed by atoms with E-state index in [1.54, 1.807) is 26.3 Å². The number of fused-ring (bicyclic) bond motifs is 1. The van der Waals surface area contributed by atoms with Crippen LogP contribution < -0.4 is 9.47 Å². The first-order valence-electron chi connectivity index (χ1n) is 8.53. The Labute approximate surface area is 160 Å². The van der Waals surface area contributed by atoms with E-state index in [0.717, 1.165) is 27.6 Å². The van der Waals surface area contributed by atoms with Gasteiger partial charge in [0.1, 0.15) is 16.4 Å². The second kappa shape index (κ2) is 7.58. The van der Waals surface area contributed by atoms with Gasteiger partial charge in [0, 0.05) is 13.6 Å². The highest BCUT2D eigenvalue weighted by molar-refractivity contribution is 7.89. The molecule has 0 spiro atoms. The number of aryl methyl sites for hydroxylation is 1. The molecule has 3 aromatic carbocycles. The van der Waals surface area contributed by atoms with E-state index in [0.29, 0.717) is 5.75 Å². The Kier molecular flexibility index (Phi) is 5.39. The summed E-state index contributed by atoms with van der Waals surface area (Å²) in [5, 5.41) is 2.08. The zero-order valence-electron chi connectivity index (χ0n) is 15.9. The third-order valence-electron chi connectivity index (χ3n) is 4.52. The van der Waals surface area contributed by atoms with Gasteiger partial charge in [0.05, 0.1) is 14.2 Å². The molecule has 0 radical (unpaired) electrons. The molecule has 0 N–H and O–H groups in total. The van der Waals surface area contributed by atoms with Crippen molar-refractivity contribution in [3.63, 3.8) is 0 Å². The summed E-state index contributed by atoms with van der Waals surface area (Å²) >= 11 is 0. The molecule has 0 aliphatic heterocycles. The summed E-state index contributed by atoms with van der Waals surface area (Å²) in [6.07, 6.45) is 0. The lowest BCUT2D eigenvalue weighted by Gasteiger charge is -2.19. The number of methoxy groups -OCH3 is 2. The third kappa shape index (κ3) is 3.91. The smallest absolute Gasteiger partial charge is 0.246 e. The quantitative estimate of drug-likeness (QED) is 0.644. The first-order chi connectivity index (χ1) is 12.8. The van der Waals surface area contributed by atoms with Crippen LogP contribution in [0.1, 0.15) is 11.1 Å². The van der Waals surface area contributed by atoms with Crippen LogP contribution in [0.4, 0.5) is 0 Å². The topological polar surface area (TPSA) is 55.8 Å². The SMILES string of the molecule is COc1ccc2cc(CN(C)S(=O)(=O)c3cc(C)ccc3OC)ccc2c1. The summed E-state index contributed by atoms with van der Waals surface area (Å²) in [6, 6.07) is 16.9. The van der Waals surface area contributed by atoms with E-state index in [1.807, 2.05) is 49.4 Å². The molecule has 0 atom stereocenters. The molecule has 3 rings (SSSR count). The number of sulfonamides is 1. The minimum absolute atomic E-state index is 0.179. The summed E-state index contributed by atoms with van der Waals surface area (Å²) in [7, 11) is 1.01. The molecule has 0 saturated carbocycles. The average molecular weight is 385 g/mol. The number of nitrogens with zero attached hydrogens (tertiary/aromatic N) is 1. The summed E-state index contributed by atoms with van der Waals surface area (Å²) < 4.78 is 37.9. The second-order valence-electron chi connectivity index (χ2n) is 6.46. The lowest BCUT2D eigenvalue weighted by molar-refractivity contribution is 0.397. The van der Waals surface area contributed by atoms with Gasteiger partial charge >= 0.3 is 0 Å². The summed E-state index contributed by atoms with van der Waals surface area (Å²) in [5.41, 5.74) is 1.77. The fourth-order valence-electron chi connectivity index (χ4n) is 2.99. The van der Waals surface area contributed by atoms with Crippen molar-refractivity contribution in [3.05, 3.63) is 65.7 Å². The fraction of sp³-hybridized carbons (Fsp3) is 0.238. The average Bonchev–Trinajstić information content (AvgIpc) is 2.67. The Morgan fingerprint density at radius 2 is 1.59 bits per heavy atom. The van der Waals surface area contributed by atoms with Crippen molar-refractivity contribution < 1.29 is 17.9 Å². The molecular weight excluding hydrogens is 362 g/mol. The van der Waals surface area contributed by atoms with Gasteiger partial charge in [0.2, 0.25) is 10.0 Å². The number of hydrogen-bond acceptors (Lipinski definition) is 4. The lowest BCUT2D eigenvalue weighted by Crippen LogP contribution is -2.27. The first kappa shape index (κ1) is 19.2. The monoisotopic (exact) mass is 385 g/mol. The van der Waals surface area contributed by atoms with Gasteiger partial charge < -0.3 is 9.47 Å². The largest absolute Gasteiger partial charge is 0.497 e. The predicted molar refractivity (Wildman–Crippen MR) is 107 cm³/mol. The minimum Gasteiger partial charge on any atom is -0.497 e. The van der Waals surface area contributed by atoms with Gasteiger partial charge in [-0.25, -0.2) is 8.42 Å². The highest BCUT2D eigenvalue weighted by Gasteiger charge is 2.25. The molecule has 27 heavy (non-hydrogen) atoms. The maximum atomic E-state index is 13.0. The molecular formula is C21H23NO4S. The summed E-state index contributed by atoms with van der Waals surface area (Å²) in [6.45, 7) is 2.12. The van der Waals surface area contributed by atoms with Gasteiger partial charge in [0.15, 0.2) is 0 Å². The van der Waals surface area contributed by atoms with E-state index in [2.05, 4.69) is 0 Å². The minimum atomic E-state index is -3.68. The predicted octanol–water partition coefficient (Wildman–Crippen LogP) is 3.99. The lowest BCUT2D eigenvalue weighted by atomic mass is 10.1. The molecule has 0 amide bonds. The van der Waals surface area contributed by atoms with Crippen LogP contribution in [0.2, 0.25) is 0 Å². The Morgan fingerprint density at radius 3 is 2.30 bits per heavy atom. The van der Waals surface area contributed by atoms with Crippen LogP contribution in [0.15, 0.2) is 59.5 Å². The van der Waals surface area contributed by atoms with Crippen LogP contribution in [0.3, 0.4) is 0 Å². The second-order valence-corrected chi connectivity index (χ2v) is 8.48. The van der Waals surface area contributed by atoms with Gasteiger partial charge in [-0.15, -0.1) is 0 Å². The number of rotatable bonds is 6. The van der Waals surface area contributed by atoms with E-state index in [-0.39, 0.29) is 11.4 Å². The van der Waals surface area contributed by atoms with Crippen molar-refractivity contribution in [2.24, 2.45) is 0 Å². The Balaban J connectivity index is 1.91. The Hall–Kier alpha value is -2.57. The Bertz CT molecular complexity index is 1080. The van der Waals surface area contributed by atoms with E-state index in [1.165, 1.54) is 11.4 Å². The fourth-order valence-corrected chi connectivity index (χ4v) is 4.39. The van der Waals surface area contributed by atoms with Crippen molar-refractivity contribution in [3.8, 4) is 11.5 Å². The van der Waals surface area contributed by atoms with E-state index < -0.39 is 10.0 Å². The Morgan fingerprint density at radius 1 is 0.889 bits per heavy atom. The van der Waals surface area contributed by atoms with Crippen LogP contribution in [0.25, 0.3) is 10.8 Å². The molecule has 0 fully saturated rings. The van der Waals surface area contributed by atoms with Gasteiger partial charge in [-0.1, -0.05) is 24.3 Å². The van der Waals surface area contributed by atoms with Gasteiger partial charge in [-0.2, -0.15) is 4.31 Å². The van der Waals surface area contributed by atoms with Crippen molar-refractivity contribution in [2.45, 2.75) is 18.4 Å². The third-order valence-corrected chi connectivity index (χ3v) is 6.35. The molecule has 5 nitrogen and oxygen atoms in total. The normalized spacial score (nSPS) is 11.7. The zero-order chi connectivity index (χ0) is 19.6. The van der Waals surface area contributed by atoms with Crippen molar-refractivity contribution >= 4 is 20.8 Å². The van der Waals surface area contributed by atoms with Crippen molar-refractivity contribution in [1.82, 2.24) is 4.31 Å². The molecule has 0 aliphatic carbocycles. The van der Waals surface area contributed by atoms with E-state index >= 15 is 0 Å². The van der Waals surface area contributed by atoms with Crippen molar-refractivity contribution in [1.29, 1.82) is 0 Å². The maximum absolute atomic E-state index is 13.0. The van der Waals surface area contributed by atoms with E-state index in [4.69, 9.17) is 9.47 Å². The van der Waals surface area contributed by atoms with Crippen LogP contribution in [-0.2, 0) is 16.6 Å². The van der Waals surface area contributed by atoms with Crippen LogP contribution >= 0.6 is 0 Å².